The number of nitrogens with zero attached hydrogens (tertiary/aromatic N) is 3. The van der Waals surface area contributed by atoms with Crippen LogP contribution in [-0.4, -0.2) is 42.6 Å². The predicted octanol–water partition coefficient (Wildman–Crippen LogP) is 0.0113. The number of anilines is 1. The fourth-order valence-electron chi connectivity index (χ4n) is 2.32. The molecule has 1 aliphatic rings. The minimum absolute atomic E-state index is 0.244. The van der Waals surface area contributed by atoms with Gasteiger partial charge >= 0.3 is 0 Å². The Morgan fingerprint density at radius 3 is 2.78 bits per heavy atom. The molecule has 18 heavy (non-hydrogen) atoms. The minimum Gasteiger partial charge on any atom is -0.364 e. The Morgan fingerprint density at radius 2 is 2.11 bits per heavy atom. The Hall–Kier alpha value is -1.69. The molecule has 3 N–H and O–H groups in total. The summed E-state index contributed by atoms with van der Waals surface area (Å²) in [5, 5.41) is 3.34. The molecule has 6 heteroatoms. The van der Waals surface area contributed by atoms with Gasteiger partial charge in [-0.05, 0) is 31.8 Å². The summed E-state index contributed by atoms with van der Waals surface area (Å²) in [5.41, 5.74) is 5.55. The van der Waals surface area contributed by atoms with Gasteiger partial charge < -0.3 is 16.0 Å². The molecule has 6 nitrogen and oxygen atoms in total. The summed E-state index contributed by atoms with van der Waals surface area (Å²) in [6.45, 7) is 2.99. The number of nitrogens with one attached hydrogen (secondary N) is 1. The molecule has 1 aliphatic heterocycles. The van der Waals surface area contributed by atoms with Crippen molar-refractivity contribution < 1.29 is 4.79 Å². The van der Waals surface area contributed by atoms with Crippen molar-refractivity contribution >= 4 is 11.7 Å². The molecule has 0 bridgehead atoms. The molecular weight excluding hydrogens is 230 g/mol. The molecule has 0 saturated carbocycles. The smallest absolute Gasteiger partial charge is 0.271 e. The van der Waals surface area contributed by atoms with Crippen LogP contribution in [0.3, 0.4) is 0 Å². The molecule has 1 fully saturated rings. The normalized spacial score (nSPS) is 16.5. The fourth-order valence-corrected chi connectivity index (χ4v) is 2.32. The highest BCUT2D eigenvalue weighted by Gasteiger charge is 2.19. The van der Waals surface area contributed by atoms with Crippen molar-refractivity contribution in [1.29, 1.82) is 0 Å². The number of rotatable bonds is 4. The van der Waals surface area contributed by atoms with Gasteiger partial charge in [0.2, 0.25) is 0 Å². The van der Waals surface area contributed by atoms with Crippen molar-refractivity contribution in [3.8, 4) is 0 Å². The zero-order valence-corrected chi connectivity index (χ0v) is 10.6. The third-order valence-corrected chi connectivity index (χ3v) is 3.26. The number of hydrogen-bond donors (Lipinski definition) is 2. The summed E-state index contributed by atoms with van der Waals surface area (Å²) in [6.07, 6.45) is 5.37. The molecule has 0 atom stereocenters. The summed E-state index contributed by atoms with van der Waals surface area (Å²) < 4.78 is 0. The first-order valence-electron chi connectivity index (χ1n) is 6.21. The highest BCUT2D eigenvalue weighted by molar-refractivity contribution is 5.95. The van der Waals surface area contributed by atoms with Crippen LogP contribution in [0.4, 0.5) is 5.82 Å². The highest BCUT2D eigenvalue weighted by atomic mass is 16.1. The minimum atomic E-state index is -0.532. The SMILES string of the molecule is CN(CC1CCNCC1)c1nccnc1C(N)=O. The summed E-state index contributed by atoms with van der Waals surface area (Å²) in [6, 6.07) is 0. The van der Waals surface area contributed by atoms with Crippen LogP contribution in [0.5, 0.6) is 0 Å². The van der Waals surface area contributed by atoms with Gasteiger partial charge in [0.1, 0.15) is 0 Å². The molecule has 1 aromatic rings. The molecular formula is C12H19N5O. The third kappa shape index (κ3) is 2.95. The summed E-state index contributed by atoms with van der Waals surface area (Å²) >= 11 is 0. The average Bonchev–Trinajstić information content (AvgIpc) is 2.40. The van der Waals surface area contributed by atoms with Gasteiger partial charge in [0, 0.05) is 26.0 Å². The van der Waals surface area contributed by atoms with E-state index in [2.05, 4.69) is 15.3 Å². The van der Waals surface area contributed by atoms with E-state index in [-0.39, 0.29) is 5.69 Å². The van der Waals surface area contributed by atoms with Crippen molar-refractivity contribution in [3.05, 3.63) is 18.1 Å². The van der Waals surface area contributed by atoms with E-state index in [4.69, 9.17) is 5.73 Å². The van der Waals surface area contributed by atoms with E-state index in [1.54, 1.807) is 6.20 Å². The van der Waals surface area contributed by atoms with Crippen LogP contribution >= 0.6 is 0 Å². The topological polar surface area (TPSA) is 84.1 Å². The standard InChI is InChI=1S/C12H19N5O/c1-17(8-9-2-4-14-5-3-9)12-10(11(13)18)15-6-7-16-12/h6-7,9,14H,2-5,8H2,1H3,(H2,13,18). The largest absolute Gasteiger partial charge is 0.364 e. The summed E-state index contributed by atoms with van der Waals surface area (Å²) in [5.74, 6) is 0.665. The molecule has 0 aromatic carbocycles. The maximum atomic E-state index is 11.3. The second kappa shape index (κ2) is 5.77. The van der Waals surface area contributed by atoms with Crippen molar-refractivity contribution in [3.63, 3.8) is 0 Å². The van der Waals surface area contributed by atoms with Gasteiger partial charge in [-0.15, -0.1) is 0 Å². The molecule has 0 radical (unpaired) electrons. The van der Waals surface area contributed by atoms with E-state index < -0.39 is 5.91 Å². The van der Waals surface area contributed by atoms with Crippen molar-refractivity contribution in [2.75, 3.05) is 31.6 Å². The number of nitrogens with two attached hydrogens (primary N) is 1. The van der Waals surface area contributed by atoms with Crippen LogP contribution in [0.1, 0.15) is 23.3 Å². The van der Waals surface area contributed by atoms with Crippen molar-refractivity contribution in [1.82, 2.24) is 15.3 Å². The van der Waals surface area contributed by atoms with E-state index in [0.29, 0.717) is 11.7 Å². The van der Waals surface area contributed by atoms with Crippen molar-refractivity contribution in [2.45, 2.75) is 12.8 Å². The molecule has 1 saturated heterocycles. The lowest BCUT2D eigenvalue weighted by Crippen LogP contribution is -2.35. The molecule has 98 valence electrons. The third-order valence-electron chi connectivity index (χ3n) is 3.26. The zero-order valence-electron chi connectivity index (χ0n) is 10.6. The monoisotopic (exact) mass is 249 g/mol. The zero-order chi connectivity index (χ0) is 13.0. The van der Waals surface area contributed by atoms with Gasteiger partial charge in [0.15, 0.2) is 11.5 Å². The van der Waals surface area contributed by atoms with Gasteiger partial charge in [-0.1, -0.05) is 0 Å². The molecule has 0 aliphatic carbocycles. The number of carbonyl (C=O) groups is 1. The lowest BCUT2D eigenvalue weighted by atomic mass is 9.98. The van der Waals surface area contributed by atoms with Gasteiger partial charge in [-0.2, -0.15) is 0 Å². The quantitative estimate of drug-likeness (QED) is 0.785. The molecule has 2 rings (SSSR count). The molecule has 0 spiro atoms. The maximum Gasteiger partial charge on any atom is 0.271 e. The van der Waals surface area contributed by atoms with Crippen LogP contribution in [0.15, 0.2) is 12.4 Å². The molecule has 0 unspecified atom stereocenters. The number of hydrogen-bond acceptors (Lipinski definition) is 5. The second-order valence-corrected chi connectivity index (χ2v) is 4.67. The Kier molecular flexibility index (Phi) is 4.09. The van der Waals surface area contributed by atoms with Crippen LogP contribution in [-0.2, 0) is 0 Å². The summed E-state index contributed by atoms with van der Waals surface area (Å²) in [4.78, 5) is 21.5. The first kappa shape index (κ1) is 12.8. The van der Waals surface area contributed by atoms with E-state index >= 15 is 0 Å². The Labute approximate surface area is 107 Å². The second-order valence-electron chi connectivity index (χ2n) is 4.67. The van der Waals surface area contributed by atoms with Gasteiger partial charge in [0.05, 0.1) is 0 Å². The molecule has 2 heterocycles. The van der Waals surface area contributed by atoms with E-state index in [1.165, 1.54) is 6.20 Å². The average molecular weight is 249 g/mol. The van der Waals surface area contributed by atoms with Gasteiger partial charge in [-0.3, -0.25) is 4.79 Å². The number of piperidine rings is 1. The first-order chi connectivity index (χ1) is 8.68. The van der Waals surface area contributed by atoms with Gasteiger partial charge in [0.25, 0.3) is 5.91 Å². The van der Waals surface area contributed by atoms with Crippen LogP contribution in [0.25, 0.3) is 0 Å². The Bertz CT molecular complexity index is 417. The molecule has 1 amide bonds. The van der Waals surface area contributed by atoms with Crippen LogP contribution in [0, 0.1) is 5.92 Å². The summed E-state index contributed by atoms with van der Waals surface area (Å²) in [7, 11) is 1.93. The Morgan fingerprint density at radius 1 is 1.44 bits per heavy atom. The van der Waals surface area contributed by atoms with E-state index in [0.717, 1.165) is 32.5 Å². The number of amides is 1. The fraction of sp³-hybridized carbons (Fsp3) is 0.583. The molecule has 1 aromatic heterocycles. The first-order valence-corrected chi connectivity index (χ1v) is 6.21. The maximum absolute atomic E-state index is 11.3. The number of carbonyl (C=O) groups excluding carboxylic acids is 1. The van der Waals surface area contributed by atoms with Gasteiger partial charge in [-0.25, -0.2) is 9.97 Å². The van der Waals surface area contributed by atoms with E-state index in [1.807, 2.05) is 11.9 Å². The number of primary amides is 1. The lowest BCUT2D eigenvalue weighted by molar-refractivity contribution is 0.0995. The van der Waals surface area contributed by atoms with E-state index in [9.17, 15) is 4.79 Å². The number of aromatic nitrogens is 2. The van der Waals surface area contributed by atoms with Crippen LogP contribution < -0.4 is 16.0 Å². The predicted molar refractivity (Wildman–Crippen MR) is 69.4 cm³/mol. The lowest BCUT2D eigenvalue weighted by Gasteiger charge is -2.28. The van der Waals surface area contributed by atoms with Crippen LogP contribution in [0.2, 0.25) is 0 Å². The highest BCUT2D eigenvalue weighted by Crippen LogP contribution is 2.18. The Balaban J connectivity index is 2.08. The van der Waals surface area contributed by atoms with Crippen molar-refractivity contribution in [2.24, 2.45) is 11.7 Å².